The molecule has 1 aromatic heterocycles. The Hall–Kier alpha value is -2.60. The minimum Gasteiger partial charge on any atom is -0.619 e. The van der Waals surface area contributed by atoms with Gasteiger partial charge in [0.2, 0.25) is 0 Å². The maximum Gasteiger partial charge on any atom is 0.254 e. The van der Waals surface area contributed by atoms with Gasteiger partial charge in [0.15, 0.2) is 12.4 Å². The monoisotopic (exact) mass is 397 g/mol. The summed E-state index contributed by atoms with van der Waals surface area (Å²) >= 11 is 0. The molecule has 0 unspecified atom stereocenters. The first-order chi connectivity index (χ1) is 14.1. The number of benzene rings is 1. The van der Waals surface area contributed by atoms with Crippen LogP contribution in [-0.2, 0) is 6.42 Å². The Morgan fingerprint density at radius 2 is 2.10 bits per heavy atom. The molecule has 0 radical (unpaired) electrons. The Kier molecular flexibility index (Phi) is 7.47. The zero-order valence-corrected chi connectivity index (χ0v) is 17.4. The molecule has 0 bridgehead atoms. The fourth-order valence-electron chi connectivity index (χ4n) is 4.02. The van der Waals surface area contributed by atoms with Crippen molar-refractivity contribution in [1.82, 2.24) is 9.80 Å². The molecule has 1 amide bonds. The van der Waals surface area contributed by atoms with E-state index in [0.717, 1.165) is 51.2 Å². The van der Waals surface area contributed by atoms with Crippen molar-refractivity contribution in [2.24, 2.45) is 5.92 Å². The van der Waals surface area contributed by atoms with Gasteiger partial charge in [-0.25, -0.2) is 0 Å². The van der Waals surface area contributed by atoms with E-state index >= 15 is 0 Å². The van der Waals surface area contributed by atoms with E-state index in [9.17, 15) is 10.0 Å². The third-order valence-electron chi connectivity index (χ3n) is 5.65. The largest absolute Gasteiger partial charge is 0.619 e. The zero-order chi connectivity index (χ0) is 20.6. The lowest BCUT2D eigenvalue weighted by atomic mass is 9.96. The Balaban J connectivity index is 1.53. The molecule has 0 aliphatic carbocycles. The highest BCUT2D eigenvalue weighted by Gasteiger charge is 2.24. The maximum atomic E-state index is 12.8. The molecule has 29 heavy (non-hydrogen) atoms. The van der Waals surface area contributed by atoms with Crippen molar-refractivity contribution in [2.45, 2.75) is 26.2 Å². The van der Waals surface area contributed by atoms with Crippen molar-refractivity contribution in [1.29, 1.82) is 0 Å². The van der Waals surface area contributed by atoms with Crippen molar-refractivity contribution in [3.63, 3.8) is 0 Å². The number of methoxy groups -OCH3 is 1. The highest BCUT2D eigenvalue weighted by Crippen LogP contribution is 2.20. The molecule has 1 fully saturated rings. The van der Waals surface area contributed by atoms with Crippen LogP contribution >= 0.6 is 0 Å². The van der Waals surface area contributed by atoms with Crippen LogP contribution in [-0.4, -0.2) is 55.5 Å². The number of rotatable bonds is 8. The van der Waals surface area contributed by atoms with Gasteiger partial charge in [-0.3, -0.25) is 4.79 Å². The first-order valence-electron chi connectivity index (χ1n) is 10.4. The number of amides is 1. The molecule has 1 aromatic carbocycles. The first kappa shape index (κ1) is 21.1. The summed E-state index contributed by atoms with van der Waals surface area (Å²) < 4.78 is 6.02. The molecule has 6 nitrogen and oxygen atoms in total. The predicted molar refractivity (Wildman–Crippen MR) is 113 cm³/mol. The smallest absolute Gasteiger partial charge is 0.254 e. The van der Waals surface area contributed by atoms with Crippen LogP contribution in [0.4, 0.5) is 0 Å². The second-order valence-electron chi connectivity index (χ2n) is 7.70. The summed E-state index contributed by atoms with van der Waals surface area (Å²) in [5.74, 6) is 1.38. The zero-order valence-electron chi connectivity index (χ0n) is 17.4. The predicted octanol–water partition coefficient (Wildman–Crippen LogP) is 2.75. The number of piperidine rings is 1. The lowest BCUT2D eigenvalue weighted by Gasteiger charge is -2.35. The summed E-state index contributed by atoms with van der Waals surface area (Å²) in [7, 11) is 1.70. The van der Waals surface area contributed by atoms with Gasteiger partial charge in [-0.15, -0.1) is 0 Å². The van der Waals surface area contributed by atoms with Gasteiger partial charge in [0.1, 0.15) is 5.75 Å². The molecule has 0 spiro atoms. The van der Waals surface area contributed by atoms with E-state index in [1.165, 1.54) is 18.0 Å². The molecule has 3 rings (SSSR count). The van der Waals surface area contributed by atoms with Gasteiger partial charge in [-0.2, -0.15) is 4.73 Å². The third-order valence-corrected chi connectivity index (χ3v) is 5.65. The lowest BCUT2D eigenvalue weighted by molar-refractivity contribution is -0.605. The van der Waals surface area contributed by atoms with Gasteiger partial charge in [-0.05, 0) is 56.3 Å². The minimum absolute atomic E-state index is 0.00149. The fourth-order valence-corrected chi connectivity index (χ4v) is 4.02. The van der Waals surface area contributed by atoms with Crippen LogP contribution in [0.3, 0.4) is 0 Å². The highest BCUT2D eigenvalue weighted by molar-refractivity contribution is 5.93. The summed E-state index contributed by atoms with van der Waals surface area (Å²) in [5, 5.41) is 11.2. The van der Waals surface area contributed by atoms with Crippen LogP contribution in [0.1, 0.15) is 35.7 Å². The lowest BCUT2D eigenvalue weighted by Crippen LogP contribution is -2.43. The molecule has 1 aliphatic heterocycles. The molecule has 2 heterocycles. The standard InChI is InChI=1S/C23H31N3O3/c1-3-25(23(27)21-10-14-26(28)15-11-21)18-20-7-5-12-24(17-20)13-9-19-6-4-8-22(16-19)29-2/h4,6,8,10-11,14-16,20H,3,5,7,9,12-13,17-18H2,1-2H3/t20-/m0/s1. The Morgan fingerprint density at radius 3 is 2.83 bits per heavy atom. The topological polar surface area (TPSA) is 59.7 Å². The second-order valence-corrected chi connectivity index (χ2v) is 7.70. The van der Waals surface area contributed by atoms with E-state index in [0.29, 0.717) is 22.8 Å². The van der Waals surface area contributed by atoms with Crippen LogP contribution < -0.4 is 9.47 Å². The van der Waals surface area contributed by atoms with Crippen LogP contribution in [0.15, 0.2) is 48.8 Å². The fraction of sp³-hybridized carbons (Fsp3) is 0.478. The Labute approximate surface area is 173 Å². The molecule has 0 saturated carbocycles. The summed E-state index contributed by atoms with van der Waals surface area (Å²) in [6.45, 7) is 6.60. The number of carbonyl (C=O) groups is 1. The second kappa shape index (κ2) is 10.3. The molecule has 1 aliphatic rings. The van der Waals surface area contributed by atoms with E-state index in [4.69, 9.17) is 4.74 Å². The average molecular weight is 398 g/mol. The van der Waals surface area contributed by atoms with Crippen LogP contribution in [0.2, 0.25) is 0 Å². The van der Waals surface area contributed by atoms with Gasteiger partial charge in [0.05, 0.1) is 12.7 Å². The highest BCUT2D eigenvalue weighted by atomic mass is 16.5. The SMILES string of the molecule is CCN(C[C@H]1CCCN(CCc2cccc(OC)c2)C1)C(=O)c1cc[n+]([O-])cc1. The van der Waals surface area contributed by atoms with Gasteiger partial charge < -0.3 is 19.7 Å². The van der Waals surface area contributed by atoms with Crippen LogP contribution in [0.5, 0.6) is 5.75 Å². The number of hydrogen-bond acceptors (Lipinski definition) is 4. The molecule has 2 aromatic rings. The van der Waals surface area contributed by atoms with Crippen molar-refractivity contribution >= 4 is 5.91 Å². The van der Waals surface area contributed by atoms with Crippen molar-refractivity contribution in [3.05, 3.63) is 65.1 Å². The first-order valence-corrected chi connectivity index (χ1v) is 10.4. The van der Waals surface area contributed by atoms with Crippen molar-refractivity contribution in [3.8, 4) is 5.75 Å². The van der Waals surface area contributed by atoms with E-state index in [-0.39, 0.29) is 5.91 Å². The normalized spacial score (nSPS) is 17.1. The molecule has 0 N–H and O–H groups in total. The molecular formula is C23H31N3O3. The number of hydrogen-bond donors (Lipinski definition) is 0. The van der Waals surface area contributed by atoms with E-state index in [2.05, 4.69) is 17.0 Å². The van der Waals surface area contributed by atoms with Gasteiger partial charge in [0.25, 0.3) is 5.91 Å². The molecule has 1 saturated heterocycles. The Bertz CT molecular complexity index is 794. The Morgan fingerprint density at radius 1 is 1.31 bits per heavy atom. The number of carbonyl (C=O) groups excluding carboxylic acids is 1. The molecule has 1 atom stereocenters. The maximum absolute atomic E-state index is 12.8. The van der Waals surface area contributed by atoms with Crippen molar-refractivity contribution < 1.29 is 14.3 Å². The van der Waals surface area contributed by atoms with Gasteiger partial charge in [-0.1, -0.05) is 12.1 Å². The average Bonchev–Trinajstić information content (AvgIpc) is 2.76. The number of ether oxygens (including phenoxy) is 1. The summed E-state index contributed by atoms with van der Waals surface area (Å²) in [5.41, 5.74) is 1.86. The number of aromatic nitrogens is 1. The third kappa shape index (κ3) is 5.94. The molecule has 156 valence electrons. The van der Waals surface area contributed by atoms with Crippen molar-refractivity contribution in [2.75, 3.05) is 39.8 Å². The van der Waals surface area contributed by atoms with Gasteiger partial charge >= 0.3 is 0 Å². The minimum atomic E-state index is 0.00149. The van der Waals surface area contributed by atoms with E-state index in [1.54, 1.807) is 19.2 Å². The summed E-state index contributed by atoms with van der Waals surface area (Å²) in [6.07, 6.45) is 6.06. The van der Waals surface area contributed by atoms with Gasteiger partial charge in [0, 0.05) is 38.3 Å². The number of pyridine rings is 1. The van der Waals surface area contributed by atoms with E-state index < -0.39 is 0 Å². The van der Waals surface area contributed by atoms with Crippen LogP contribution in [0, 0.1) is 11.1 Å². The summed E-state index contributed by atoms with van der Waals surface area (Å²) in [4.78, 5) is 17.2. The molecular weight excluding hydrogens is 366 g/mol. The molecule has 6 heteroatoms. The number of nitrogens with zero attached hydrogens (tertiary/aromatic N) is 3. The van der Waals surface area contributed by atoms with Crippen LogP contribution in [0.25, 0.3) is 0 Å². The van der Waals surface area contributed by atoms with E-state index in [1.807, 2.05) is 24.0 Å². The quantitative estimate of drug-likeness (QED) is 0.508. The number of likely N-dealkylation sites (tertiary alicyclic amines) is 1. The summed E-state index contributed by atoms with van der Waals surface area (Å²) in [6, 6.07) is 11.5.